The number of para-hydroxylation sites is 1. The number of amides is 1. The molecule has 5 nitrogen and oxygen atoms in total. The molecule has 2 N–H and O–H groups in total. The molecule has 0 aromatic heterocycles. The number of carbonyl (C=O) groups excluding carboxylic acids is 1. The molecule has 0 fully saturated rings. The predicted molar refractivity (Wildman–Crippen MR) is 135 cm³/mol. The number of sulfonamides is 1. The molecule has 0 spiro atoms. The summed E-state index contributed by atoms with van der Waals surface area (Å²) >= 11 is 12.1. The minimum Gasteiger partial charge on any atom is -0.324 e. The van der Waals surface area contributed by atoms with Gasteiger partial charge in [0.05, 0.1) is 5.02 Å². The van der Waals surface area contributed by atoms with E-state index in [1.165, 1.54) is 18.2 Å². The van der Waals surface area contributed by atoms with Crippen LogP contribution in [0, 0.1) is 0 Å². The first kappa shape index (κ1) is 25.2. The first-order valence-corrected chi connectivity index (χ1v) is 12.9. The molecule has 1 atom stereocenters. The predicted octanol–water partition coefficient (Wildman–Crippen LogP) is 5.65. The smallest absolute Gasteiger partial charge is 0.242 e. The van der Waals surface area contributed by atoms with Crippen molar-refractivity contribution >= 4 is 44.8 Å². The van der Waals surface area contributed by atoms with Gasteiger partial charge >= 0.3 is 0 Å². The summed E-state index contributed by atoms with van der Waals surface area (Å²) in [6.07, 6.45) is 1.63. The van der Waals surface area contributed by atoms with Crippen molar-refractivity contribution in [2.45, 2.75) is 44.0 Å². The monoisotopic (exact) mass is 504 g/mol. The fourth-order valence-corrected chi connectivity index (χ4v) is 5.54. The SMILES string of the molecule is CCc1cccc(CC)c1NC(=O)[C@H](Cc1ccccc1)NS(=O)(=O)c1cc(Cl)ccc1Cl. The number of halogens is 2. The molecule has 3 aromatic carbocycles. The van der Waals surface area contributed by atoms with Gasteiger partial charge in [0.2, 0.25) is 15.9 Å². The molecule has 174 valence electrons. The van der Waals surface area contributed by atoms with Crippen molar-refractivity contribution in [2.75, 3.05) is 5.32 Å². The maximum atomic E-state index is 13.4. The minimum atomic E-state index is -4.13. The number of benzene rings is 3. The van der Waals surface area contributed by atoms with Crippen LogP contribution in [0.2, 0.25) is 10.0 Å². The second-order valence-electron chi connectivity index (χ2n) is 7.59. The van der Waals surface area contributed by atoms with Crippen LogP contribution in [-0.2, 0) is 34.1 Å². The number of rotatable bonds is 9. The number of hydrogen-bond acceptors (Lipinski definition) is 3. The highest BCUT2D eigenvalue weighted by Crippen LogP contribution is 2.26. The summed E-state index contributed by atoms with van der Waals surface area (Å²) in [5.74, 6) is -0.448. The summed E-state index contributed by atoms with van der Waals surface area (Å²) in [4.78, 5) is 13.2. The van der Waals surface area contributed by atoms with Gasteiger partial charge in [0.1, 0.15) is 10.9 Å². The summed E-state index contributed by atoms with van der Waals surface area (Å²) in [6, 6.07) is 18.2. The van der Waals surface area contributed by atoms with Crippen LogP contribution < -0.4 is 10.0 Å². The topological polar surface area (TPSA) is 75.3 Å². The Kier molecular flexibility index (Phi) is 8.54. The maximum absolute atomic E-state index is 13.4. The molecule has 0 aliphatic carbocycles. The third kappa shape index (κ3) is 6.36. The van der Waals surface area contributed by atoms with Gasteiger partial charge in [-0.25, -0.2) is 8.42 Å². The number of carbonyl (C=O) groups is 1. The quantitative estimate of drug-likeness (QED) is 0.395. The van der Waals surface area contributed by atoms with Crippen molar-refractivity contribution in [3.63, 3.8) is 0 Å². The molecule has 8 heteroatoms. The second-order valence-corrected chi connectivity index (χ2v) is 10.1. The molecule has 0 unspecified atom stereocenters. The molecule has 0 aliphatic heterocycles. The van der Waals surface area contributed by atoms with E-state index in [1.807, 2.05) is 62.4 Å². The van der Waals surface area contributed by atoms with E-state index in [4.69, 9.17) is 23.2 Å². The second kappa shape index (κ2) is 11.2. The fourth-order valence-electron chi connectivity index (χ4n) is 3.59. The van der Waals surface area contributed by atoms with Crippen LogP contribution >= 0.6 is 23.2 Å². The van der Waals surface area contributed by atoms with Gasteiger partial charge in [0, 0.05) is 10.7 Å². The van der Waals surface area contributed by atoms with Crippen LogP contribution in [0.15, 0.2) is 71.6 Å². The van der Waals surface area contributed by atoms with Gasteiger partial charge < -0.3 is 5.32 Å². The van der Waals surface area contributed by atoms with Gasteiger partial charge in [-0.2, -0.15) is 4.72 Å². The van der Waals surface area contributed by atoms with E-state index in [9.17, 15) is 13.2 Å². The van der Waals surface area contributed by atoms with Crippen LogP contribution in [0.4, 0.5) is 5.69 Å². The number of anilines is 1. The van der Waals surface area contributed by atoms with Gasteiger partial charge in [0.25, 0.3) is 0 Å². The molecule has 0 radical (unpaired) electrons. The Hall–Kier alpha value is -2.38. The van der Waals surface area contributed by atoms with E-state index in [1.54, 1.807) is 0 Å². The highest BCUT2D eigenvalue weighted by atomic mass is 35.5. The van der Waals surface area contributed by atoms with E-state index in [0.29, 0.717) is 0 Å². The Balaban J connectivity index is 1.97. The van der Waals surface area contributed by atoms with Crippen molar-refractivity contribution in [3.8, 4) is 0 Å². The molecule has 0 heterocycles. The fraction of sp³-hybridized carbons (Fsp3) is 0.240. The lowest BCUT2D eigenvalue weighted by Gasteiger charge is -2.21. The van der Waals surface area contributed by atoms with Gasteiger partial charge in [-0.1, -0.05) is 85.6 Å². The van der Waals surface area contributed by atoms with Crippen molar-refractivity contribution in [1.29, 1.82) is 0 Å². The molecular weight excluding hydrogens is 479 g/mol. The molecule has 1 amide bonds. The summed E-state index contributed by atoms with van der Waals surface area (Å²) in [7, 11) is -4.13. The largest absolute Gasteiger partial charge is 0.324 e. The molecule has 33 heavy (non-hydrogen) atoms. The number of nitrogens with one attached hydrogen (secondary N) is 2. The molecule has 0 aliphatic rings. The average molecular weight is 505 g/mol. The summed E-state index contributed by atoms with van der Waals surface area (Å²) in [6.45, 7) is 4.02. The number of aryl methyl sites for hydroxylation is 2. The van der Waals surface area contributed by atoms with Gasteiger partial charge in [0.15, 0.2) is 0 Å². The first-order valence-electron chi connectivity index (χ1n) is 10.7. The molecule has 0 saturated heterocycles. The van der Waals surface area contributed by atoms with E-state index in [0.717, 1.165) is 35.2 Å². The Morgan fingerprint density at radius 2 is 1.55 bits per heavy atom. The lowest BCUT2D eigenvalue weighted by atomic mass is 10.0. The van der Waals surface area contributed by atoms with Crippen LogP contribution in [0.3, 0.4) is 0 Å². The van der Waals surface area contributed by atoms with Gasteiger partial charge in [-0.3, -0.25) is 4.79 Å². The third-order valence-corrected chi connectivity index (χ3v) is 7.51. The number of hydrogen-bond donors (Lipinski definition) is 2. The highest BCUT2D eigenvalue weighted by molar-refractivity contribution is 7.89. The van der Waals surface area contributed by atoms with E-state index in [-0.39, 0.29) is 21.4 Å². The Labute approximate surface area is 205 Å². The first-order chi connectivity index (χ1) is 15.7. The standard InChI is InChI=1S/C25H26Cl2N2O3S/c1-3-18-11-8-12-19(4-2)24(18)28-25(30)22(15-17-9-6-5-7-10-17)29-33(31,32)23-16-20(26)13-14-21(23)27/h5-14,16,22,29H,3-4,15H2,1-2H3,(H,28,30)/t22-/m0/s1. The Bertz CT molecular complexity index is 1210. The molecular formula is C25H26Cl2N2O3S. The normalized spacial score (nSPS) is 12.4. The van der Waals surface area contributed by atoms with Gasteiger partial charge in [-0.05, 0) is 54.2 Å². The van der Waals surface area contributed by atoms with Crippen molar-refractivity contribution in [3.05, 3.63) is 93.5 Å². The summed E-state index contributed by atoms with van der Waals surface area (Å²) in [5, 5.41) is 3.23. The van der Waals surface area contributed by atoms with Crippen LogP contribution in [0.1, 0.15) is 30.5 Å². The summed E-state index contributed by atoms with van der Waals surface area (Å²) < 4.78 is 28.9. The van der Waals surface area contributed by atoms with E-state index >= 15 is 0 Å². The van der Waals surface area contributed by atoms with E-state index < -0.39 is 22.0 Å². The Morgan fingerprint density at radius 3 is 2.15 bits per heavy atom. The van der Waals surface area contributed by atoms with Crippen LogP contribution in [-0.4, -0.2) is 20.4 Å². The highest BCUT2D eigenvalue weighted by Gasteiger charge is 2.28. The molecule has 0 saturated carbocycles. The lowest BCUT2D eigenvalue weighted by Crippen LogP contribution is -2.45. The van der Waals surface area contributed by atoms with Crippen LogP contribution in [0.25, 0.3) is 0 Å². The maximum Gasteiger partial charge on any atom is 0.242 e. The zero-order valence-electron chi connectivity index (χ0n) is 18.4. The zero-order chi connectivity index (χ0) is 24.0. The zero-order valence-corrected chi connectivity index (χ0v) is 20.8. The van der Waals surface area contributed by atoms with Crippen molar-refractivity contribution in [2.24, 2.45) is 0 Å². The minimum absolute atomic E-state index is 0.0235. The Morgan fingerprint density at radius 1 is 0.909 bits per heavy atom. The molecule has 3 rings (SSSR count). The molecule has 0 bridgehead atoms. The van der Waals surface area contributed by atoms with Crippen molar-refractivity contribution in [1.82, 2.24) is 4.72 Å². The average Bonchev–Trinajstić information content (AvgIpc) is 2.80. The van der Waals surface area contributed by atoms with E-state index in [2.05, 4.69) is 10.0 Å². The lowest BCUT2D eigenvalue weighted by molar-refractivity contribution is -0.117. The molecule has 3 aromatic rings. The third-order valence-electron chi connectivity index (χ3n) is 5.33. The van der Waals surface area contributed by atoms with Crippen molar-refractivity contribution < 1.29 is 13.2 Å². The van der Waals surface area contributed by atoms with Crippen LogP contribution in [0.5, 0.6) is 0 Å². The summed E-state index contributed by atoms with van der Waals surface area (Å²) in [5.41, 5.74) is 3.52. The van der Waals surface area contributed by atoms with Gasteiger partial charge in [-0.15, -0.1) is 0 Å².